The van der Waals surface area contributed by atoms with Gasteiger partial charge in [-0.25, -0.2) is 9.97 Å². The van der Waals surface area contributed by atoms with Crippen LogP contribution in [0.15, 0.2) is 67.0 Å². The van der Waals surface area contributed by atoms with Crippen molar-refractivity contribution in [3.8, 4) is 5.75 Å². The number of rotatable bonds is 8. The van der Waals surface area contributed by atoms with Gasteiger partial charge in [-0.3, -0.25) is 4.90 Å². The lowest BCUT2D eigenvalue weighted by Crippen LogP contribution is -2.25. The van der Waals surface area contributed by atoms with Crippen LogP contribution >= 0.6 is 0 Å². The van der Waals surface area contributed by atoms with E-state index in [2.05, 4.69) is 42.6 Å². The van der Waals surface area contributed by atoms with Gasteiger partial charge in [0.1, 0.15) is 24.0 Å². The Morgan fingerprint density at radius 2 is 1.73 bits per heavy atom. The molecule has 7 nitrogen and oxygen atoms in total. The number of benzene rings is 2. The van der Waals surface area contributed by atoms with Gasteiger partial charge in [0, 0.05) is 35.6 Å². The molecule has 1 aliphatic rings. The lowest BCUT2D eigenvalue weighted by Gasteiger charge is -2.15. The van der Waals surface area contributed by atoms with E-state index in [1.807, 2.05) is 49.4 Å². The Labute approximate surface area is 193 Å². The fourth-order valence-corrected chi connectivity index (χ4v) is 4.02. The molecular formula is C26H28N6O. The van der Waals surface area contributed by atoms with E-state index in [0.29, 0.717) is 12.6 Å². The number of nitrogens with one attached hydrogen (secondary N) is 2. The van der Waals surface area contributed by atoms with Crippen LogP contribution < -0.4 is 15.4 Å². The van der Waals surface area contributed by atoms with Crippen molar-refractivity contribution in [1.82, 2.24) is 19.9 Å². The molecule has 0 saturated carbocycles. The van der Waals surface area contributed by atoms with Crippen LogP contribution in [0.2, 0.25) is 0 Å². The highest BCUT2D eigenvalue weighted by molar-refractivity contribution is 5.93. The molecule has 1 aliphatic heterocycles. The van der Waals surface area contributed by atoms with E-state index in [1.54, 1.807) is 12.4 Å². The Balaban J connectivity index is 1.24. The van der Waals surface area contributed by atoms with Gasteiger partial charge in [-0.15, -0.1) is 0 Å². The highest BCUT2D eigenvalue weighted by atomic mass is 16.5. The normalized spacial score (nSPS) is 13.8. The molecule has 2 aromatic heterocycles. The summed E-state index contributed by atoms with van der Waals surface area (Å²) in [5.74, 6) is 2.88. The number of likely N-dealkylation sites (tertiary alicyclic amines) is 1. The summed E-state index contributed by atoms with van der Waals surface area (Å²) in [4.78, 5) is 16.1. The Kier molecular flexibility index (Phi) is 6.30. The molecule has 2 aromatic carbocycles. The summed E-state index contributed by atoms with van der Waals surface area (Å²) in [5.41, 5.74) is 1.84. The fraction of sp³-hybridized carbons (Fsp3) is 0.269. The van der Waals surface area contributed by atoms with Crippen LogP contribution in [-0.4, -0.2) is 46.1 Å². The molecule has 3 heterocycles. The zero-order valence-corrected chi connectivity index (χ0v) is 18.8. The molecule has 168 valence electrons. The summed E-state index contributed by atoms with van der Waals surface area (Å²) < 4.78 is 5.89. The Hall–Kier alpha value is -3.71. The summed E-state index contributed by atoms with van der Waals surface area (Å²) in [6, 6.07) is 18.1. The van der Waals surface area contributed by atoms with E-state index in [1.165, 1.54) is 25.9 Å². The molecule has 1 fully saturated rings. The maximum atomic E-state index is 5.89. The van der Waals surface area contributed by atoms with Crippen molar-refractivity contribution in [2.45, 2.75) is 19.8 Å². The molecule has 0 radical (unpaired) electrons. The van der Waals surface area contributed by atoms with Crippen LogP contribution in [0.3, 0.4) is 0 Å². The molecule has 0 unspecified atom stereocenters. The molecular weight excluding hydrogens is 412 g/mol. The number of nitrogens with zero attached hydrogens (tertiary/aromatic N) is 4. The van der Waals surface area contributed by atoms with E-state index >= 15 is 0 Å². The van der Waals surface area contributed by atoms with Crippen molar-refractivity contribution in [2.24, 2.45) is 0 Å². The monoisotopic (exact) mass is 440 g/mol. The third-order valence-electron chi connectivity index (χ3n) is 5.87. The minimum absolute atomic E-state index is 0.519. The minimum atomic E-state index is 0.519. The van der Waals surface area contributed by atoms with Crippen molar-refractivity contribution >= 4 is 34.0 Å². The van der Waals surface area contributed by atoms with Crippen molar-refractivity contribution in [1.29, 1.82) is 0 Å². The summed E-state index contributed by atoms with van der Waals surface area (Å²) >= 11 is 0. The van der Waals surface area contributed by atoms with Crippen molar-refractivity contribution in [2.75, 3.05) is 36.9 Å². The van der Waals surface area contributed by atoms with Gasteiger partial charge in [-0.1, -0.05) is 24.3 Å². The average Bonchev–Trinajstić information content (AvgIpc) is 3.36. The molecule has 0 bridgehead atoms. The van der Waals surface area contributed by atoms with Gasteiger partial charge in [0.05, 0.1) is 0 Å². The van der Waals surface area contributed by atoms with E-state index in [9.17, 15) is 0 Å². The van der Waals surface area contributed by atoms with Gasteiger partial charge in [-0.2, -0.15) is 4.98 Å². The highest BCUT2D eigenvalue weighted by Crippen LogP contribution is 2.26. The average molecular weight is 441 g/mol. The quantitative estimate of drug-likeness (QED) is 0.385. The van der Waals surface area contributed by atoms with Crippen molar-refractivity contribution in [3.05, 3.63) is 72.6 Å². The largest absolute Gasteiger partial charge is 0.492 e. The zero-order chi connectivity index (χ0) is 22.5. The van der Waals surface area contributed by atoms with Crippen LogP contribution in [0.1, 0.15) is 18.4 Å². The Morgan fingerprint density at radius 1 is 0.909 bits per heavy atom. The predicted molar refractivity (Wildman–Crippen MR) is 133 cm³/mol. The first-order valence-corrected chi connectivity index (χ1v) is 11.4. The summed E-state index contributed by atoms with van der Waals surface area (Å²) in [6.45, 7) is 6.06. The highest BCUT2D eigenvalue weighted by Gasteiger charge is 2.11. The summed E-state index contributed by atoms with van der Waals surface area (Å²) in [7, 11) is 0. The maximum Gasteiger partial charge on any atom is 0.229 e. The first-order valence-electron chi connectivity index (χ1n) is 11.4. The van der Waals surface area contributed by atoms with Crippen molar-refractivity contribution < 1.29 is 4.74 Å². The summed E-state index contributed by atoms with van der Waals surface area (Å²) in [5, 5.41) is 8.82. The molecule has 4 aromatic rings. The predicted octanol–water partition coefficient (Wildman–Crippen LogP) is 5.30. The lowest BCUT2D eigenvalue weighted by atomic mass is 10.1. The molecule has 2 N–H and O–H groups in total. The Bertz CT molecular complexity index is 1220. The number of hydrogen-bond donors (Lipinski definition) is 2. The van der Waals surface area contributed by atoms with Crippen LogP contribution in [0.25, 0.3) is 10.8 Å². The number of ether oxygens (including phenoxy) is 1. The van der Waals surface area contributed by atoms with Gasteiger partial charge in [0.2, 0.25) is 5.95 Å². The number of anilines is 4. The van der Waals surface area contributed by atoms with Crippen LogP contribution in [0.4, 0.5) is 23.3 Å². The molecule has 1 saturated heterocycles. The second kappa shape index (κ2) is 9.83. The van der Waals surface area contributed by atoms with Gasteiger partial charge in [0.15, 0.2) is 0 Å². The fourth-order valence-electron chi connectivity index (χ4n) is 4.02. The van der Waals surface area contributed by atoms with E-state index in [0.717, 1.165) is 46.0 Å². The van der Waals surface area contributed by atoms with E-state index < -0.39 is 0 Å². The van der Waals surface area contributed by atoms with Gasteiger partial charge >= 0.3 is 0 Å². The smallest absolute Gasteiger partial charge is 0.229 e. The van der Waals surface area contributed by atoms with Gasteiger partial charge in [-0.05, 0) is 68.6 Å². The third-order valence-corrected chi connectivity index (χ3v) is 5.87. The molecule has 0 atom stereocenters. The van der Waals surface area contributed by atoms with E-state index in [-0.39, 0.29) is 0 Å². The van der Waals surface area contributed by atoms with E-state index in [4.69, 9.17) is 4.74 Å². The first kappa shape index (κ1) is 21.2. The molecule has 7 heteroatoms. The first-order chi connectivity index (χ1) is 16.2. The number of aryl methyl sites for hydroxylation is 1. The van der Waals surface area contributed by atoms with Crippen LogP contribution in [0.5, 0.6) is 5.75 Å². The molecule has 5 rings (SSSR count). The molecule has 0 spiro atoms. The second-order valence-corrected chi connectivity index (χ2v) is 8.28. The van der Waals surface area contributed by atoms with Gasteiger partial charge < -0.3 is 15.4 Å². The topological polar surface area (TPSA) is 75.2 Å². The third kappa shape index (κ3) is 5.21. The number of aromatic nitrogens is 3. The maximum absolute atomic E-state index is 5.89. The van der Waals surface area contributed by atoms with Crippen LogP contribution in [-0.2, 0) is 0 Å². The SMILES string of the molecule is Cc1cnc(Nc2ccc(OCCN3CCCC3)cc2)nc1Nc1nccc2ccccc12. The minimum Gasteiger partial charge on any atom is -0.492 e. The number of hydrogen-bond acceptors (Lipinski definition) is 7. The zero-order valence-electron chi connectivity index (χ0n) is 18.8. The van der Waals surface area contributed by atoms with Crippen molar-refractivity contribution in [3.63, 3.8) is 0 Å². The molecule has 0 aliphatic carbocycles. The Morgan fingerprint density at radius 3 is 2.58 bits per heavy atom. The second-order valence-electron chi connectivity index (χ2n) is 8.28. The van der Waals surface area contributed by atoms with Gasteiger partial charge in [0.25, 0.3) is 0 Å². The van der Waals surface area contributed by atoms with Crippen LogP contribution in [0, 0.1) is 6.92 Å². The summed E-state index contributed by atoms with van der Waals surface area (Å²) in [6.07, 6.45) is 6.21. The number of pyridine rings is 1. The standard InChI is InChI=1S/C26H28N6O/c1-19-18-28-26(31-24(19)30-25-23-7-3-2-6-20(23)12-13-27-25)29-21-8-10-22(11-9-21)33-17-16-32-14-4-5-15-32/h2-3,6-13,18H,4-5,14-17H2,1H3,(H2,27,28,29,30,31). The molecule has 33 heavy (non-hydrogen) atoms. The lowest BCUT2D eigenvalue weighted by molar-refractivity contribution is 0.238. The molecule has 0 amide bonds. The number of fused-ring (bicyclic) bond motifs is 1.